The van der Waals surface area contributed by atoms with Gasteiger partial charge in [0.1, 0.15) is 0 Å². The van der Waals surface area contributed by atoms with Crippen LogP contribution in [0.1, 0.15) is 19.3 Å². The zero-order valence-electron chi connectivity index (χ0n) is 11.8. The second-order valence-electron chi connectivity index (χ2n) is 5.25. The molecule has 2 atom stereocenters. The lowest BCUT2D eigenvalue weighted by atomic mass is 10.0. The lowest BCUT2D eigenvalue weighted by Gasteiger charge is -2.20. The summed E-state index contributed by atoms with van der Waals surface area (Å²) in [6, 6.07) is 7.04. The van der Waals surface area contributed by atoms with Crippen molar-refractivity contribution in [1.82, 2.24) is 15.3 Å². The molecule has 2 unspecified atom stereocenters. The van der Waals surface area contributed by atoms with Gasteiger partial charge in [-0.15, -0.1) is 0 Å². The van der Waals surface area contributed by atoms with Crippen LogP contribution in [0.15, 0.2) is 24.3 Å². The highest BCUT2D eigenvalue weighted by atomic mass is 19.1. The van der Waals surface area contributed by atoms with E-state index in [0.29, 0.717) is 11.0 Å². The van der Waals surface area contributed by atoms with Crippen LogP contribution in [0, 0.1) is 11.9 Å². The molecule has 110 valence electrons. The van der Waals surface area contributed by atoms with Crippen LogP contribution in [0.3, 0.4) is 0 Å². The Balaban J connectivity index is 1.87. The zero-order chi connectivity index (χ0) is 14.8. The summed E-state index contributed by atoms with van der Waals surface area (Å²) in [5.74, 6) is -0.674. The minimum atomic E-state index is -0.628. The van der Waals surface area contributed by atoms with Crippen molar-refractivity contribution in [3.8, 4) is 0 Å². The van der Waals surface area contributed by atoms with E-state index in [1.165, 1.54) is 0 Å². The first kappa shape index (κ1) is 13.7. The number of hydrogen-bond acceptors (Lipinski definition) is 4. The number of hydrogen-bond donors (Lipinski definition) is 2. The molecule has 1 fully saturated rings. The largest absolute Gasteiger partial charge is 0.363 e. The van der Waals surface area contributed by atoms with E-state index < -0.39 is 5.95 Å². The maximum atomic E-state index is 14.0. The van der Waals surface area contributed by atoms with E-state index in [2.05, 4.69) is 20.6 Å². The maximum absolute atomic E-state index is 14.0. The molecule has 1 aliphatic carbocycles. The van der Waals surface area contributed by atoms with Crippen LogP contribution in [0.25, 0.3) is 11.0 Å². The summed E-state index contributed by atoms with van der Waals surface area (Å²) in [6.07, 6.45) is 2.57. The third kappa shape index (κ3) is 2.66. The molecule has 2 N–H and O–H groups in total. The first-order chi connectivity index (χ1) is 10.2. The van der Waals surface area contributed by atoms with Gasteiger partial charge in [0.15, 0.2) is 5.82 Å². The predicted octanol–water partition coefficient (Wildman–Crippen LogP) is 2.10. The van der Waals surface area contributed by atoms with Crippen LogP contribution in [0.2, 0.25) is 0 Å². The number of aromatic nitrogens is 2. The molecular formula is C15H17FN4O. The fraction of sp³-hybridized carbons (Fsp3) is 0.400. The van der Waals surface area contributed by atoms with Gasteiger partial charge >= 0.3 is 0 Å². The average Bonchev–Trinajstić information content (AvgIpc) is 2.95. The third-order valence-electron chi connectivity index (χ3n) is 3.95. The molecule has 0 bridgehead atoms. The van der Waals surface area contributed by atoms with Crippen LogP contribution in [0.4, 0.5) is 10.2 Å². The molecule has 3 rings (SSSR count). The number of carbonyl (C=O) groups excluding carboxylic acids is 1. The third-order valence-corrected chi connectivity index (χ3v) is 3.95. The van der Waals surface area contributed by atoms with E-state index in [1.807, 2.05) is 6.07 Å². The van der Waals surface area contributed by atoms with E-state index in [0.717, 1.165) is 19.3 Å². The van der Waals surface area contributed by atoms with Crippen molar-refractivity contribution >= 4 is 22.8 Å². The fourth-order valence-electron chi connectivity index (χ4n) is 2.88. The molecule has 0 spiro atoms. The van der Waals surface area contributed by atoms with Crippen LogP contribution >= 0.6 is 0 Å². The summed E-state index contributed by atoms with van der Waals surface area (Å²) in [6.45, 7) is 0. The van der Waals surface area contributed by atoms with E-state index in [4.69, 9.17) is 0 Å². The van der Waals surface area contributed by atoms with Crippen LogP contribution in [-0.4, -0.2) is 29.0 Å². The van der Waals surface area contributed by atoms with Crippen molar-refractivity contribution in [2.75, 3.05) is 12.4 Å². The summed E-state index contributed by atoms with van der Waals surface area (Å²) < 4.78 is 14.0. The molecule has 1 saturated carbocycles. The lowest BCUT2D eigenvalue weighted by molar-refractivity contribution is -0.124. The topological polar surface area (TPSA) is 66.9 Å². The summed E-state index contributed by atoms with van der Waals surface area (Å²) in [7, 11) is 1.62. The van der Waals surface area contributed by atoms with E-state index >= 15 is 0 Å². The Morgan fingerprint density at radius 2 is 1.95 bits per heavy atom. The lowest BCUT2D eigenvalue weighted by Crippen LogP contribution is -2.36. The van der Waals surface area contributed by atoms with Crippen molar-refractivity contribution < 1.29 is 9.18 Å². The molecule has 1 amide bonds. The van der Waals surface area contributed by atoms with Crippen molar-refractivity contribution in [2.24, 2.45) is 5.92 Å². The Hall–Kier alpha value is -2.24. The van der Waals surface area contributed by atoms with Crippen LogP contribution < -0.4 is 10.6 Å². The Morgan fingerprint density at radius 1 is 1.24 bits per heavy atom. The number of nitrogens with zero attached hydrogens (tertiary/aromatic N) is 2. The van der Waals surface area contributed by atoms with Crippen LogP contribution in [0.5, 0.6) is 0 Å². The number of halogens is 1. The second kappa shape index (κ2) is 5.63. The second-order valence-corrected chi connectivity index (χ2v) is 5.25. The maximum Gasteiger partial charge on any atom is 0.256 e. The van der Waals surface area contributed by atoms with Gasteiger partial charge in [-0.3, -0.25) is 4.79 Å². The van der Waals surface area contributed by atoms with Gasteiger partial charge in [-0.25, -0.2) is 9.97 Å². The molecule has 1 aromatic carbocycles. The standard InChI is InChI=1S/C15H17FN4O/c1-17-15(21)9-5-4-8-10(9)19-14-13(16)18-11-6-2-3-7-12(11)20-14/h2-3,6-7,9-10H,4-5,8H2,1H3,(H,17,21)(H,19,20). The SMILES string of the molecule is CNC(=O)C1CCCC1Nc1nc2ccccc2nc1F. The minimum Gasteiger partial charge on any atom is -0.363 e. The van der Waals surface area contributed by atoms with Gasteiger partial charge in [0, 0.05) is 13.1 Å². The number of amides is 1. The highest BCUT2D eigenvalue weighted by Crippen LogP contribution is 2.29. The Morgan fingerprint density at radius 3 is 2.67 bits per heavy atom. The predicted molar refractivity (Wildman–Crippen MR) is 78.3 cm³/mol. The van der Waals surface area contributed by atoms with Gasteiger partial charge in [0.25, 0.3) is 5.95 Å². The van der Waals surface area contributed by atoms with Crippen molar-refractivity contribution in [2.45, 2.75) is 25.3 Å². The van der Waals surface area contributed by atoms with Crippen molar-refractivity contribution in [3.05, 3.63) is 30.2 Å². The number of fused-ring (bicyclic) bond motifs is 1. The zero-order valence-corrected chi connectivity index (χ0v) is 11.8. The van der Waals surface area contributed by atoms with Crippen molar-refractivity contribution in [1.29, 1.82) is 0 Å². The van der Waals surface area contributed by atoms with Gasteiger partial charge in [-0.05, 0) is 25.0 Å². The molecule has 0 aliphatic heterocycles. The average molecular weight is 288 g/mol. The van der Waals surface area contributed by atoms with Gasteiger partial charge < -0.3 is 10.6 Å². The molecule has 5 nitrogen and oxygen atoms in total. The Bertz CT molecular complexity index is 676. The van der Waals surface area contributed by atoms with Gasteiger partial charge in [0.2, 0.25) is 5.91 Å². The Labute approximate surface area is 122 Å². The highest BCUT2D eigenvalue weighted by molar-refractivity contribution is 5.80. The summed E-state index contributed by atoms with van der Waals surface area (Å²) in [5.41, 5.74) is 1.16. The van der Waals surface area contributed by atoms with Gasteiger partial charge in [-0.1, -0.05) is 18.6 Å². The monoisotopic (exact) mass is 288 g/mol. The normalized spacial score (nSPS) is 21.4. The number of carbonyl (C=O) groups is 1. The van der Waals surface area contributed by atoms with E-state index in [-0.39, 0.29) is 23.7 Å². The summed E-state index contributed by atoms with van der Waals surface area (Å²) in [4.78, 5) is 20.0. The number of para-hydroxylation sites is 2. The fourth-order valence-corrected chi connectivity index (χ4v) is 2.88. The molecule has 0 radical (unpaired) electrons. The van der Waals surface area contributed by atoms with Gasteiger partial charge in [-0.2, -0.15) is 4.39 Å². The van der Waals surface area contributed by atoms with Crippen LogP contribution in [-0.2, 0) is 4.79 Å². The first-order valence-corrected chi connectivity index (χ1v) is 7.09. The molecule has 0 saturated heterocycles. The Kier molecular flexibility index (Phi) is 3.68. The molecule has 1 aromatic heterocycles. The number of anilines is 1. The molecule has 1 heterocycles. The van der Waals surface area contributed by atoms with Gasteiger partial charge in [0.05, 0.1) is 17.0 Å². The van der Waals surface area contributed by atoms with E-state index in [9.17, 15) is 9.18 Å². The quantitative estimate of drug-likeness (QED) is 0.907. The summed E-state index contributed by atoms with van der Waals surface area (Å²) in [5, 5.41) is 5.72. The molecule has 6 heteroatoms. The highest BCUT2D eigenvalue weighted by Gasteiger charge is 2.33. The first-order valence-electron chi connectivity index (χ1n) is 7.09. The minimum absolute atomic E-state index is 0.0147. The number of nitrogens with one attached hydrogen (secondary N) is 2. The molecule has 1 aliphatic rings. The molecular weight excluding hydrogens is 271 g/mol. The molecule has 21 heavy (non-hydrogen) atoms. The number of benzene rings is 1. The van der Waals surface area contributed by atoms with Crippen molar-refractivity contribution in [3.63, 3.8) is 0 Å². The molecule has 2 aromatic rings. The summed E-state index contributed by atoms with van der Waals surface area (Å²) >= 11 is 0. The van der Waals surface area contributed by atoms with E-state index in [1.54, 1.807) is 25.2 Å². The number of rotatable bonds is 3. The smallest absolute Gasteiger partial charge is 0.256 e.